The second kappa shape index (κ2) is 11.8. The van der Waals surface area contributed by atoms with Gasteiger partial charge in [-0.2, -0.15) is 10.5 Å². The van der Waals surface area contributed by atoms with Crippen molar-refractivity contribution in [3.8, 4) is 29.0 Å². The Bertz CT molecular complexity index is 1250. The molecule has 0 saturated heterocycles. The van der Waals surface area contributed by atoms with Crippen LogP contribution >= 0.6 is 0 Å². The lowest BCUT2D eigenvalue weighted by Crippen LogP contribution is -2.10. The summed E-state index contributed by atoms with van der Waals surface area (Å²) < 4.78 is 20.0. The molecule has 0 atom stereocenters. The average molecular weight is 455 g/mol. The van der Waals surface area contributed by atoms with E-state index < -0.39 is 5.97 Å². The van der Waals surface area contributed by atoms with E-state index in [0.717, 1.165) is 43.2 Å². The maximum absolute atomic E-state index is 14.5. The van der Waals surface area contributed by atoms with Crippen molar-refractivity contribution in [2.75, 3.05) is 0 Å². The summed E-state index contributed by atoms with van der Waals surface area (Å²) in [6.07, 6.45) is 5.46. The number of halogens is 1. The fourth-order valence-corrected chi connectivity index (χ4v) is 3.91. The van der Waals surface area contributed by atoms with Gasteiger partial charge in [0.25, 0.3) is 0 Å². The number of nitriles is 2. The third kappa shape index (κ3) is 5.69. The number of hydrogen-bond acceptors (Lipinski definition) is 4. The largest absolute Gasteiger partial charge is 0.421 e. The van der Waals surface area contributed by atoms with E-state index in [1.54, 1.807) is 48.5 Å². The number of aryl methyl sites for hydroxylation is 2. The average Bonchev–Trinajstić information content (AvgIpc) is 2.85. The molecule has 0 bridgehead atoms. The summed E-state index contributed by atoms with van der Waals surface area (Å²) in [5.41, 5.74) is 3.43. The summed E-state index contributed by atoms with van der Waals surface area (Å²) >= 11 is 0. The van der Waals surface area contributed by atoms with Gasteiger partial charge in [-0.1, -0.05) is 63.4 Å². The van der Waals surface area contributed by atoms with Crippen molar-refractivity contribution >= 4 is 5.97 Å². The van der Waals surface area contributed by atoms with Crippen molar-refractivity contribution in [3.05, 3.63) is 88.2 Å². The normalized spacial score (nSPS) is 10.4. The van der Waals surface area contributed by atoms with Crippen LogP contribution in [0.2, 0.25) is 0 Å². The minimum Gasteiger partial charge on any atom is -0.421 e. The van der Waals surface area contributed by atoms with Crippen LogP contribution in [0, 0.1) is 28.5 Å². The van der Waals surface area contributed by atoms with E-state index in [0.29, 0.717) is 17.5 Å². The van der Waals surface area contributed by atoms with E-state index in [4.69, 9.17) is 4.74 Å². The van der Waals surface area contributed by atoms with Gasteiger partial charge in [0.05, 0.1) is 11.1 Å². The molecule has 5 heteroatoms. The molecule has 0 saturated carbocycles. The Kier molecular flexibility index (Phi) is 8.54. The first-order valence-electron chi connectivity index (χ1n) is 11.6. The van der Waals surface area contributed by atoms with Gasteiger partial charge in [0.15, 0.2) is 0 Å². The van der Waals surface area contributed by atoms with Crippen LogP contribution in [-0.2, 0) is 12.8 Å². The van der Waals surface area contributed by atoms with Crippen molar-refractivity contribution in [2.45, 2.75) is 52.4 Å². The highest BCUT2D eigenvalue weighted by Gasteiger charge is 2.18. The molecule has 0 unspecified atom stereocenters. The molecule has 0 N–H and O–H groups in total. The second-order valence-electron chi connectivity index (χ2n) is 8.18. The summed E-state index contributed by atoms with van der Waals surface area (Å²) in [5, 5.41) is 19.2. The van der Waals surface area contributed by atoms with E-state index in [1.165, 1.54) is 0 Å². The van der Waals surface area contributed by atoms with Crippen LogP contribution in [-0.4, -0.2) is 5.97 Å². The molecule has 4 nitrogen and oxygen atoms in total. The van der Waals surface area contributed by atoms with Gasteiger partial charge in [-0.3, -0.25) is 0 Å². The highest BCUT2D eigenvalue weighted by Crippen LogP contribution is 2.28. The second-order valence-corrected chi connectivity index (χ2v) is 8.18. The first-order valence-corrected chi connectivity index (χ1v) is 11.6. The number of carbonyl (C=O) groups is 1. The summed E-state index contributed by atoms with van der Waals surface area (Å²) in [4.78, 5) is 12.7. The molecule has 3 rings (SSSR count). The van der Waals surface area contributed by atoms with Crippen molar-refractivity contribution in [1.29, 1.82) is 10.5 Å². The minimum atomic E-state index is -0.649. The van der Waals surface area contributed by atoms with Crippen molar-refractivity contribution < 1.29 is 13.9 Å². The zero-order chi connectivity index (χ0) is 24.5. The number of unbranched alkanes of at least 4 members (excludes halogenated alkanes) is 2. The van der Waals surface area contributed by atoms with E-state index in [1.807, 2.05) is 19.1 Å². The van der Waals surface area contributed by atoms with E-state index in [-0.39, 0.29) is 28.3 Å². The summed E-state index contributed by atoms with van der Waals surface area (Å²) in [5.74, 6) is -0.891. The molecule has 0 heterocycles. The van der Waals surface area contributed by atoms with Crippen LogP contribution in [0.4, 0.5) is 4.39 Å². The van der Waals surface area contributed by atoms with Crippen LogP contribution in [0.5, 0.6) is 5.75 Å². The van der Waals surface area contributed by atoms with Gasteiger partial charge >= 0.3 is 5.97 Å². The Hall–Kier alpha value is -3.96. The number of carbonyl (C=O) groups excluding carboxylic acids is 1. The smallest absolute Gasteiger partial charge is 0.343 e. The van der Waals surface area contributed by atoms with Gasteiger partial charge < -0.3 is 4.74 Å². The molecule has 0 aliphatic heterocycles. The van der Waals surface area contributed by atoms with Crippen LogP contribution in [0.25, 0.3) is 11.1 Å². The molecular formula is C29H27FN2O2. The summed E-state index contributed by atoms with van der Waals surface area (Å²) in [6, 6.07) is 19.1. The van der Waals surface area contributed by atoms with Gasteiger partial charge in [-0.05, 0) is 60.2 Å². The Labute approximate surface area is 200 Å². The Balaban J connectivity index is 1.80. The molecule has 0 amide bonds. The lowest BCUT2D eigenvalue weighted by atomic mass is 9.97. The topological polar surface area (TPSA) is 73.9 Å². The maximum atomic E-state index is 14.5. The fourth-order valence-electron chi connectivity index (χ4n) is 3.91. The predicted molar refractivity (Wildman–Crippen MR) is 130 cm³/mol. The third-order valence-electron chi connectivity index (χ3n) is 5.73. The SMILES string of the molecule is CCCCCc1ccc(OC(=O)c2ccc(-c3ccc(CCC)cc3F)cc2)c(C#N)c1C#N. The quantitative estimate of drug-likeness (QED) is 0.196. The molecule has 0 fully saturated rings. The molecule has 172 valence electrons. The Morgan fingerprint density at radius 2 is 1.62 bits per heavy atom. The van der Waals surface area contributed by atoms with Crippen LogP contribution in [0.15, 0.2) is 54.6 Å². The fraction of sp³-hybridized carbons (Fsp3) is 0.276. The molecule has 0 aliphatic carbocycles. The molecule has 0 spiro atoms. The number of esters is 1. The predicted octanol–water partition coefficient (Wildman–Crippen LogP) is 7.14. The van der Waals surface area contributed by atoms with Crippen molar-refractivity contribution in [2.24, 2.45) is 0 Å². The first-order chi connectivity index (χ1) is 16.5. The number of benzene rings is 3. The maximum Gasteiger partial charge on any atom is 0.343 e. The zero-order valence-electron chi connectivity index (χ0n) is 19.5. The summed E-state index contributed by atoms with van der Waals surface area (Å²) in [6.45, 7) is 4.15. The standard InChI is InChI=1S/C29H27FN2O2/c1-3-5-6-8-21-14-16-28(26(19-32)25(21)18-31)34-29(33)23-12-10-22(11-13-23)24-15-9-20(7-4-2)17-27(24)30/h9-17H,3-8H2,1-2H3. The summed E-state index contributed by atoms with van der Waals surface area (Å²) in [7, 11) is 0. The number of ether oxygens (including phenoxy) is 1. The minimum absolute atomic E-state index is 0.0601. The monoisotopic (exact) mass is 454 g/mol. The van der Waals surface area contributed by atoms with Crippen LogP contribution in [0.1, 0.15) is 72.1 Å². The number of nitrogens with zero attached hydrogens (tertiary/aromatic N) is 2. The number of hydrogen-bond donors (Lipinski definition) is 0. The van der Waals surface area contributed by atoms with E-state index >= 15 is 0 Å². The van der Waals surface area contributed by atoms with Crippen LogP contribution < -0.4 is 4.74 Å². The van der Waals surface area contributed by atoms with Crippen molar-refractivity contribution in [1.82, 2.24) is 0 Å². The highest BCUT2D eigenvalue weighted by molar-refractivity contribution is 5.92. The lowest BCUT2D eigenvalue weighted by Gasteiger charge is -2.11. The molecule has 0 radical (unpaired) electrons. The van der Waals surface area contributed by atoms with Gasteiger partial charge in [0, 0.05) is 5.56 Å². The van der Waals surface area contributed by atoms with Gasteiger partial charge in [0.1, 0.15) is 29.3 Å². The molecular weight excluding hydrogens is 427 g/mol. The first kappa shape index (κ1) is 24.7. The lowest BCUT2D eigenvalue weighted by molar-refractivity contribution is 0.0734. The molecule has 34 heavy (non-hydrogen) atoms. The third-order valence-corrected chi connectivity index (χ3v) is 5.73. The van der Waals surface area contributed by atoms with Gasteiger partial charge in [-0.25, -0.2) is 9.18 Å². The molecule has 0 aromatic heterocycles. The van der Waals surface area contributed by atoms with E-state index in [2.05, 4.69) is 13.0 Å². The van der Waals surface area contributed by atoms with E-state index in [9.17, 15) is 19.7 Å². The van der Waals surface area contributed by atoms with Crippen LogP contribution in [0.3, 0.4) is 0 Å². The van der Waals surface area contributed by atoms with Crippen molar-refractivity contribution in [3.63, 3.8) is 0 Å². The Morgan fingerprint density at radius 3 is 2.24 bits per heavy atom. The molecule has 3 aromatic rings. The van der Waals surface area contributed by atoms with Gasteiger partial charge in [-0.15, -0.1) is 0 Å². The Morgan fingerprint density at radius 1 is 0.882 bits per heavy atom. The zero-order valence-corrected chi connectivity index (χ0v) is 19.5. The number of rotatable bonds is 9. The highest BCUT2D eigenvalue weighted by atomic mass is 19.1. The molecule has 0 aliphatic rings. The van der Waals surface area contributed by atoms with Gasteiger partial charge in [0.2, 0.25) is 0 Å². The molecule has 3 aromatic carbocycles.